The van der Waals surface area contributed by atoms with Crippen molar-refractivity contribution >= 4 is 22.6 Å². The zero-order valence-electron chi connectivity index (χ0n) is 14.7. The first-order valence-electron chi connectivity index (χ1n) is 9.37. The predicted octanol–water partition coefficient (Wildman–Crippen LogP) is 2.15. The summed E-state index contributed by atoms with van der Waals surface area (Å²) in [5.41, 5.74) is 0.248. The second-order valence-electron chi connectivity index (χ2n) is 7.12. The lowest BCUT2D eigenvalue weighted by molar-refractivity contribution is -0.136. The van der Waals surface area contributed by atoms with Gasteiger partial charge in [-0.1, -0.05) is 18.2 Å². The van der Waals surface area contributed by atoms with Crippen molar-refractivity contribution in [2.45, 2.75) is 38.1 Å². The maximum atomic E-state index is 13.2. The van der Waals surface area contributed by atoms with Crippen molar-refractivity contribution < 1.29 is 9.59 Å². The number of H-pyrrole nitrogens is 1. The highest BCUT2D eigenvalue weighted by atomic mass is 16.2. The van der Waals surface area contributed by atoms with Crippen molar-refractivity contribution in [3.8, 4) is 0 Å². The third-order valence-corrected chi connectivity index (χ3v) is 5.51. The van der Waals surface area contributed by atoms with Crippen LogP contribution < -0.4 is 5.56 Å². The molecular formula is C20H23N3O3. The Morgan fingerprint density at radius 2 is 1.69 bits per heavy atom. The van der Waals surface area contributed by atoms with Crippen LogP contribution in [-0.2, 0) is 4.79 Å². The molecule has 26 heavy (non-hydrogen) atoms. The first kappa shape index (κ1) is 16.8. The molecule has 0 saturated carbocycles. The molecule has 3 heterocycles. The zero-order valence-corrected chi connectivity index (χ0v) is 14.7. The molecule has 2 aliphatic heterocycles. The van der Waals surface area contributed by atoms with Gasteiger partial charge in [-0.25, -0.2) is 0 Å². The fourth-order valence-corrected chi connectivity index (χ4v) is 4.13. The van der Waals surface area contributed by atoms with Gasteiger partial charge < -0.3 is 14.8 Å². The lowest BCUT2D eigenvalue weighted by atomic mass is 10.1. The molecule has 2 saturated heterocycles. The Kier molecular flexibility index (Phi) is 4.49. The van der Waals surface area contributed by atoms with Gasteiger partial charge in [0, 0.05) is 36.6 Å². The first-order valence-corrected chi connectivity index (χ1v) is 9.37. The summed E-state index contributed by atoms with van der Waals surface area (Å²) in [5, 5.41) is 1.13. The fraction of sp³-hybridized carbons (Fsp3) is 0.450. The number of carbonyl (C=O) groups excluding carboxylic acids is 2. The number of carbonyl (C=O) groups is 2. The second-order valence-corrected chi connectivity index (χ2v) is 7.12. The highest BCUT2D eigenvalue weighted by molar-refractivity contribution is 6.07. The van der Waals surface area contributed by atoms with Gasteiger partial charge in [0.1, 0.15) is 6.04 Å². The minimum absolute atomic E-state index is 0.0734. The van der Waals surface area contributed by atoms with E-state index < -0.39 is 0 Å². The molecule has 1 atom stereocenters. The molecule has 1 aromatic carbocycles. The number of nitrogens with one attached hydrogen (secondary N) is 1. The highest BCUT2D eigenvalue weighted by Gasteiger charge is 2.37. The Hall–Kier alpha value is -2.63. The van der Waals surface area contributed by atoms with Gasteiger partial charge >= 0.3 is 0 Å². The number of benzene rings is 1. The molecule has 6 heteroatoms. The Morgan fingerprint density at radius 1 is 0.962 bits per heavy atom. The number of amides is 2. The van der Waals surface area contributed by atoms with Crippen molar-refractivity contribution in [2.75, 3.05) is 19.6 Å². The predicted molar refractivity (Wildman–Crippen MR) is 99.1 cm³/mol. The van der Waals surface area contributed by atoms with Crippen molar-refractivity contribution in [3.05, 3.63) is 46.4 Å². The van der Waals surface area contributed by atoms with Gasteiger partial charge in [0.05, 0.1) is 5.56 Å². The summed E-state index contributed by atoms with van der Waals surface area (Å²) in [6.45, 7) is 2.16. The lowest BCUT2D eigenvalue weighted by Crippen LogP contribution is -2.49. The number of aromatic amines is 1. The van der Waals surface area contributed by atoms with Gasteiger partial charge in [0.25, 0.3) is 11.5 Å². The molecule has 2 amide bonds. The molecule has 136 valence electrons. The molecule has 0 bridgehead atoms. The molecular weight excluding hydrogens is 330 g/mol. The van der Waals surface area contributed by atoms with Gasteiger partial charge in [-0.3, -0.25) is 14.4 Å². The molecule has 2 fully saturated rings. The van der Waals surface area contributed by atoms with Crippen LogP contribution in [0, 0.1) is 0 Å². The number of hydrogen-bond acceptors (Lipinski definition) is 3. The molecule has 1 aromatic heterocycles. The van der Waals surface area contributed by atoms with Crippen molar-refractivity contribution in [2.24, 2.45) is 0 Å². The molecule has 0 unspecified atom stereocenters. The van der Waals surface area contributed by atoms with E-state index in [9.17, 15) is 14.4 Å². The van der Waals surface area contributed by atoms with Gasteiger partial charge in [-0.15, -0.1) is 0 Å². The molecule has 1 N–H and O–H groups in total. The lowest BCUT2D eigenvalue weighted by Gasteiger charge is -2.32. The molecule has 2 aliphatic rings. The van der Waals surface area contributed by atoms with E-state index in [4.69, 9.17) is 0 Å². The van der Waals surface area contributed by atoms with Crippen LogP contribution in [0.5, 0.6) is 0 Å². The third kappa shape index (κ3) is 2.89. The molecule has 2 aromatic rings. The Balaban J connectivity index is 1.64. The summed E-state index contributed by atoms with van der Waals surface area (Å²) in [5.74, 6) is -0.102. The summed E-state index contributed by atoms with van der Waals surface area (Å²) in [4.78, 5) is 44.4. The number of fused-ring (bicyclic) bond motifs is 1. The average molecular weight is 353 g/mol. The van der Waals surface area contributed by atoms with E-state index in [2.05, 4.69) is 4.98 Å². The van der Waals surface area contributed by atoms with Crippen molar-refractivity contribution in [1.82, 2.24) is 14.8 Å². The maximum Gasteiger partial charge on any atom is 0.256 e. The quantitative estimate of drug-likeness (QED) is 0.899. The first-order chi connectivity index (χ1) is 12.7. The van der Waals surface area contributed by atoms with Gasteiger partial charge in [-0.05, 0) is 38.2 Å². The van der Waals surface area contributed by atoms with Crippen LogP contribution in [0.2, 0.25) is 0 Å². The standard InChI is InChI=1S/C20H23N3O3/c24-18-15-8-3-2-7-14(15)16(13-21-18)19(25)23-12-6-9-17(23)20(26)22-10-4-1-5-11-22/h2-3,7-8,13,17H,1,4-6,9-12H2,(H,21,24)/t17-/m0/s1. The van der Waals surface area contributed by atoms with Crippen LogP contribution in [0.4, 0.5) is 0 Å². The Bertz CT molecular complexity index is 899. The summed E-state index contributed by atoms with van der Waals surface area (Å²) in [6.07, 6.45) is 6.27. The van der Waals surface area contributed by atoms with E-state index in [-0.39, 0.29) is 23.4 Å². The van der Waals surface area contributed by atoms with Gasteiger partial charge in [-0.2, -0.15) is 0 Å². The Labute approximate surface area is 151 Å². The fourth-order valence-electron chi connectivity index (χ4n) is 4.13. The number of nitrogens with zero attached hydrogens (tertiary/aromatic N) is 2. The summed E-state index contributed by atoms with van der Waals surface area (Å²) < 4.78 is 0. The van der Waals surface area contributed by atoms with E-state index in [1.165, 1.54) is 12.6 Å². The van der Waals surface area contributed by atoms with Gasteiger partial charge in [0.2, 0.25) is 5.91 Å². The van der Waals surface area contributed by atoms with Crippen LogP contribution in [0.15, 0.2) is 35.3 Å². The van der Waals surface area contributed by atoms with E-state index >= 15 is 0 Å². The smallest absolute Gasteiger partial charge is 0.256 e. The summed E-state index contributed by atoms with van der Waals surface area (Å²) in [7, 11) is 0. The number of likely N-dealkylation sites (tertiary alicyclic amines) is 2. The van der Waals surface area contributed by atoms with E-state index in [1.54, 1.807) is 23.1 Å². The number of pyridine rings is 1. The Morgan fingerprint density at radius 3 is 2.46 bits per heavy atom. The number of rotatable bonds is 2. The van der Waals surface area contributed by atoms with E-state index in [0.717, 1.165) is 32.4 Å². The van der Waals surface area contributed by atoms with E-state index in [1.807, 2.05) is 11.0 Å². The zero-order chi connectivity index (χ0) is 18.1. The summed E-state index contributed by atoms with van der Waals surface area (Å²) >= 11 is 0. The van der Waals surface area contributed by atoms with Gasteiger partial charge in [0.15, 0.2) is 0 Å². The largest absolute Gasteiger partial charge is 0.341 e. The minimum atomic E-state index is -0.383. The average Bonchev–Trinajstić information content (AvgIpc) is 3.18. The molecule has 4 rings (SSSR count). The third-order valence-electron chi connectivity index (χ3n) is 5.51. The molecule has 0 radical (unpaired) electrons. The normalized spacial score (nSPS) is 20.5. The maximum absolute atomic E-state index is 13.2. The minimum Gasteiger partial charge on any atom is -0.341 e. The molecule has 0 aliphatic carbocycles. The van der Waals surface area contributed by atoms with Crippen LogP contribution in [0.1, 0.15) is 42.5 Å². The van der Waals surface area contributed by atoms with E-state index in [0.29, 0.717) is 29.3 Å². The number of piperidine rings is 1. The SMILES string of the molecule is O=C([C@@H]1CCCN1C(=O)c1c[nH]c(=O)c2ccccc12)N1CCCCC1. The summed E-state index contributed by atoms with van der Waals surface area (Å²) in [6, 6.07) is 6.72. The number of hydrogen-bond donors (Lipinski definition) is 1. The van der Waals surface area contributed by atoms with Crippen molar-refractivity contribution in [1.29, 1.82) is 0 Å². The monoisotopic (exact) mass is 353 g/mol. The van der Waals surface area contributed by atoms with Crippen LogP contribution in [0.25, 0.3) is 10.8 Å². The van der Waals surface area contributed by atoms with Crippen LogP contribution in [0.3, 0.4) is 0 Å². The van der Waals surface area contributed by atoms with Crippen LogP contribution in [-0.4, -0.2) is 52.3 Å². The number of aromatic nitrogens is 1. The molecule has 0 spiro atoms. The molecule has 6 nitrogen and oxygen atoms in total. The second kappa shape index (κ2) is 6.94. The highest BCUT2D eigenvalue weighted by Crippen LogP contribution is 2.25. The van der Waals surface area contributed by atoms with Crippen molar-refractivity contribution in [3.63, 3.8) is 0 Å². The van der Waals surface area contributed by atoms with Crippen LogP contribution >= 0.6 is 0 Å². The topological polar surface area (TPSA) is 73.5 Å².